The van der Waals surface area contributed by atoms with E-state index in [1.165, 1.54) is 12.4 Å². The van der Waals surface area contributed by atoms with Crippen LogP contribution in [0.15, 0.2) is 49.1 Å². The van der Waals surface area contributed by atoms with Gasteiger partial charge in [0.05, 0.1) is 30.3 Å². The molecular formula is C21H21N7O3. The number of hydrogen-bond acceptors (Lipinski definition) is 9. The van der Waals surface area contributed by atoms with Crippen molar-refractivity contribution in [3.63, 3.8) is 0 Å². The first-order valence-corrected chi connectivity index (χ1v) is 9.26. The third-order valence-electron chi connectivity index (χ3n) is 3.87. The van der Waals surface area contributed by atoms with E-state index in [2.05, 4.69) is 42.4 Å². The smallest absolute Gasteiger partial charge is 0.275 e. The molecule has 10 heteroatoms. The number of ether oxygens (including phenoxy) is 2. The summed E-state index contributed by atoms with van der Waals surface area (Å²) < 4.78 is 10.1. The highest BCUT2D eigenvalue weighted by Gasteiger charge is 2.10. The molecule has 0 radical (unpaired) electrons. The molecule has 3 aromatic heterocycles. The number of nitrogen functional groups attached to an aromatic ring is 1. The first kappa shape index (κ1) is 21.5. The number of nitrogens with zero attached hydrogens (tertiary/aromatic N) is 4. The fourth-order valence-electron chi connectivity index (χ4n) is 2.39. The molecule has 0 bridgehead atoms. The number of carbonyl (C=O) groups is 1. The van der Waals surface area contributed by atoms with Crippen LogP contribution in [0.3, 0.4) is 0 Å². The summed E-state index contributed by atoms with van der Waals surface area (Å²) >= 11 is 0. The molecule has 3 heterocycles. The minimum absolute atomic E-state index is 0.150. The number of anilines is 3. The van der Waals surface area contributed by atoms with Crippen LogP contribution in [0.5, 0.6) is 5.88 Å². The van der Waals surface area contributed by atoms with Gasteiger partial charge in [0, 0.05) is 25.2 Å². The maximum Gasteiger partial charge on any atom is 0.275 e. The zero-order chi connectivity index (χ0) is 21.9. The van der Waals surface area contributed by atoms with E-state index in [0.29, 0.717) is 36.0 Å². The molecule has 0 atom stereocenters. The summed E-state index contributed by atoms with van der Waals surface area (Å²) in [6.07, 6.45) is 5.93. The number of amides is 1. The fourth-order valence-corrected chi connectivity index (χ4v) is 2.39. The lowest BCUT2D eigenvalue weighted by molar-refractivity contribution is 0.102. The summed E-state index contributed by atoms with van der Waals surface area (Å²) in [5.74, 6) is 5.80. The highest BCUT2D eigenvalue weighted by molar-refractivity contribution is 6.02. The monoisotopic (exact) mass is 419 g/mol. The average Bonchev–Trinajstić information content (AvgIpc) is 2.79. The molecule has 0 aromatic carbocycles. The van der Waals surface area contributed by atoms with E-state index in [4.69, 9.17) is 15.2 Å². The van der Waals surface area contributed by atoms with Crippen molar-refractivity contribution in [1.82, 2.24) is 19.9 Å². The summed E-state index contributed by atoms with van der Waals surface area (Å²) in [5.41, 5.74) is 7.97. The third kappa shape index (κ3) is 6.66. The Morgan fingerprint density at radius 1 is 1.10 bits per heavy atom. The van der Waals surface area contributed by atoms with Crippen LogP contribution in [0.2, 0.25) is 0 Å². The van der Waals surface area contributed by atoms with Gasteiger partial charge in [-0.1, -0.05) is 11.8 Å². The Kier molecular flexibility index (Phi) is 7.68. The second-order valence-corrected chi connectivity index (χ2v) is 6.09. The van der Waals surface area contributed by atoms with Crippen LogP contribution in [0.25, 0.3) is 0 Å². The first-order chi connectivity index (χ1) is 15.2. The molecule has 10 nitrogen and oxygen atoms in total. The topological polar surface area (TPSA) is 137 Å². The minimum Gasteiger partial charge on any atom is -0.463 e. The lowest BCUT2D eigenvalue weighted by Crippen LogP contribution is -2.15. The van der Waals surface area contributed by atoms with Crippen molar-refractivity contribution in [2.75, 3.05) is 36.7 Å². The molecule has 0 fully saturated rings. The molecule has 3 aromatic rings. The summed E-state index contributed by atoms with van der Waals surface area (Å²) in [7, 11) is 1.56. The van der Waals surface area contributed by atoms with Crippen molar-refractivity contribution in [3.8, 4) is 17.7 Å². The Morgan fingerprint density at radius 3 is 2.74 bits per heavy atom. The van der Waals surface area contributed by atoms with Crippen LogP contribution in [0, 0.1) is 11.8 Å². The maximum atomic E-state index is 12.4. The highest BCUT2D eigenvalue weighted by Crippen LogP contribution is 2.16. The van der Waals surface area contributed by atoms with Gasteiger partial charge in [-0.25, -0.2) is 15.0 Å². The van der Waals surface area contributed by atoms with Crippen LogP contribution in [-0.2, 0) is 11.3 Å². The quantitative estimate of drug-likeness (QED) is 0.466. The van der Waals surface area contributed by atoms with Gasteiger partial charge in [0.1, 0.15) is 18.1 Å². The molecule has 0 saturated carbocycles. The van der Waals surface area contributed by atoms with E-state index in [1.807, 2.05) is 6.07 Å². The van der Waals surface area contributed by atoms with Gasteiger partial charge in [-0.05, 0) is 24.3 Å². The first-order valence-electron chi connectivity index (χ1n) is 9.26. The number of nitrogens with one attached hydrogen (secondary N) is 2. The van der Waals surface area contributed by atoms with E-state index >= 15 is 0 Å². The van der Waals surface area contributed by atoms with Gasteiger partial charge in [0.2, 0.25) is 5.88 Å². The van der Waals surface area contributed by atoms with Gasteiger partial charge in [0.15, 0.2) is 6.61 Å². The lowest BCUT2D eigenvalue weighted by atomic mass is 10.3. The van der Waals surface area contributed by atoms with Gasteiger partial charge < -0.3 is 25.8 Å². The molecule has 0 saturated heterocycles. The molecule has 1 amide bonds. The number of aromatic nitrogens is 4. The Balaban J connectivity index is 1.55. The highest BCUT2D eigenvalue weighted by atomic mass is 16.5. The van der Waals surface area contributed by atoms with Gasteiger partial charge in [-0.2, -0.15) is 0 Å². The van der Waals surface area contributed by atoms with Gasteiger partial charge in [-0.3, -0.25) is 9.78 Å². The molecule has 0 aliphatic rings. The van der Waals surface area contributed by atoms with Gasteiger partial charge in [0.25, 0.3) is 5.91 Å². The Hall–Kier alpha value is -4.23. The van der Waals surface area contributed by atoms with E-state index in [-0.39, 0.29) is 18.2 Å². The van der Waals surface area contributed by atoms with Crippen LogP contribution in [0.4, 0.5) is 17.2 Å². The summed E-state index contributed by atoms with van der Waals surface area (Å²) in [5, 5.41) is 5.93. The van der Waals surface area contributed by atoms with Crippen molar-refractivity contribution in [1.29, 1.82) is 0 Å². The van der Waals surface area contributed by atoms with Crippen molar-refractivity contribution >= 4 is 23.1 Å². The Labute approximate surface area is 179 Å². The summed E-state index contributed by atoms with van der Waals surface area (Å²) in [6, 6.07) is 7.05. The molecule has 31 heavy (non-hydrogen) atoms. The van der Waals surface area contributed by atoms with E-state index in [9.17, 15) is 4.79 Å². The Morgan fingerprint density at radius 2 is 1.97 bits per heavy atom. The van der Waals surface area contributed by atoms with Crippen molar-refractivity contribution < 1.29 is 14.3 Å². The zero-order valence-corrected chi connectivity index (χ0v) is 16.8. The predicted octanol–water partition coefficient (Wildman–Crippen LogP) is 1.74. The van der Waals surface area contributed by atoms with Crippen molar-refractivity contribution in [3.05, 3.63) is 60.4 Å². The Bertz CT molecular complexity index is 1080. The molecule has 158 valence electrons. The van der Waals surface area contributed by atoms with E-state index < -0.39 is 5.91 Å². The van der Waals surface area contributed by atoms with Crippen LogP contribution in [0.1, 0.15) is 16.2 Å². The van der Waals surface area contributed by atoms with Crippen LogP contribution < -0.4 is 21.1 Å². The molecule has 0 aliphatic heterocycles. The molecule has 3 rings (SSSR count). The molecule has 0 spiro atoms. The number of rotatable bonds is 8. The number of pyridine rings is 2. The van der Waals surface area contributed by atoms with E-state index in [0.717, 1.165) is 0 Å². The molecule has 0 unspecified atom stereocenters. The fraction of sp³-hybridized carbons (Fsp3) is 0.190. The SMILES string of the molecule is COCC#CCOc1cnc(C(=O)Nc2ccnc(CNc3cccnc3N)c2)cn1. The number of carbonyl (C=O) groups excluding carboxylic acids is 1. The second kappa shape index (κ2) is 11.1. The van der Waals surface area contributed by atoms with Crippen molar-refractivity contribution in [2.45, 2.75) is 6.54 Å². The second-order valence-electron chi connectivity index (χ2n) is 6.09. The summed E-state index contributed by atoms with van der Waals surface area (Å²) in [6.45, 7) is 0.902. The van der Waals surface area contributed by atoms with Gasteiger partial charge in [-0.15, -0.1) is 0 Å². The average molecular weight is 419 g/mol. The molecule has 4 N–H and O–H groups in total. The third-order valence-corrected chi connectivity index (χ3v) is 3.87. The number of hydrogen-bond donors (Lipinski definition) is 3. The largest absolute Gasteiger partial charge is 0.463 e. The molecular weight excluding hydrogens is 398 g/mol. The van der Waals surface area contributed by atoms with E-state index in [1.54, 1.807) is 37.7 Å². The van der Waals surface area contributed by atoms with Crippen molar-refractivity contribution in [2.24, 2.45) is 0 Å². The number of nitrogens with two attached hydrogens (primary N) is 1. The predicted molar refractivity (Wildman–Crippen MR) is 115 cm³/mol. The maximum absolute atomic E-state index is 12.4. The van der Waals surface area contributed by atoms with Crippen LogP contribution >= 0.6 is 0 Å². The zero-order valence-electron chi connectivity index (χ0n) is 16.8. The minimum atomic E-state index is -0.402. The lowest BCUT2D eigenvalue weighted by Gasteiger charge is -2.09. The van der Waals surface area contributed by atoms with Gasteiger partial charge >= 0.3 is 0 Å². The normalized spacial score (nSPS) is 9.97. The number of methoxy groups -OCH3 is 1. The molecule has 0 aliphatic carbocycles. The van der Waals surface area contributed by atoms with Crippen LogP contribution in [-0.4, -0.2) is 46.2 Å². The standard InChI is InChI=1S/C21H21N7O3/c1-30-9-2-3-10-31-19-14-26-18(13-27-19)21(29)28-15-6-8-23-16(11-15)12-25-17-5-4-7-24-20(17)22/h4-8,11,13-14,25H,9-10,12H2,1H3,(H2,22,24)(H,23,28,29). The summed E-state index contributed by atoms with van der Waals surface area (Å²) in [4.78, 5) is 28.9.